The second-order valence-electron chi connectivity index (χ2n) is 7.55. The second kappa shape index (κ2) is 8.10. The molecule has 0 saturated heterocycles. The lowest BCUT2D eigenvalue weighted by molar-refractivity contribution is 0.103. The predicted molar refractivity (Wildman–Crippen MR) is 111 cm³/mol. The maximum absolute atomic E-state index is 13.3. The van der Waals surface area contributed by atoms with Gasteiger partial charge >= 0.3 is 0 Å². The monoisotopic (exact) mass is 398 g/mol. The minimum Gasteiger partial charge on any atom is -0.486 e. The van der Waals surface area contributed by atoms with Gasteiger partial charge in [0.1, 0.15) is 28.1 Å². The van der Waals surface area contributed by atoms with Crippen molar-refractivity contribution in [1.29, 1.82) is 0 Å². The van der Waals surface area contributed by atoms with E-state index in [0.717, 1.165) is 5.75 Å². The average molecular weight is 399 g/mol. The molecule has 0 aliphatic rings. The number of nitrogens with zero attached hydrogens (tertiary/aromatic N) is 1. The number of ether oxygens (including phenoxy) is 1. The first-order valence-electron chi connectivity index (χ1n) is 8.99. The van der Waals surface area contributed by atoms with Crippen LogP contribution < -0.4 is 10.1 Å². The van der Waals surface area contributed by atoms with Crippen molar-refractivity contribution in [3.63, 3.8) is 0 Å². The van der Waals surface area contributed by atoms with Gasteiger partial charge < -0.3 is 10.1 Å². The van der Waals surface area contributed by atoms with E-state index in [9.17, 15) is 9.18 Å². The van der Waals surface area contributed by atoms with Crippen LogP contribution in [-0.4, -0.2) is 10.9 Å². The summed E-state index contributed by atoms with van der Waals surface area (Å²) < 4.78 is 19.1. The van der Waals surface area contributed by atoms with Crippen molar-refractivity contribution >= 4 is 22.9 Å². The summed E-state index contributed by atoms with van der Waals surface area (Å²) in [6.07, 6.45) is 0. The van der Waals surface area contributed by atoms with Crippen molar-refractivity contribution in [3.8, 4) is 5.75 Å². The van der Waals surface area contributed by atoms with Crippen LogP contribution in [0, 0.1) is 12.7 Å². The molecule has 6 heteroatoms. The maximum atomic E-state index is 13.3. The molecule has 1 N–H and O–H groups in total. The van der Waals surface area contributed by atoms with Crippen molar-refractivity contribution < 1.29 is 13.9 Å². The van der Waals surface area contributed by atoms with E-state index in [0.29, 0.717) is 21.3 Å². The van der Waals surface area contributed by atoms with E-state index in [1.165, 1.54) is 29.0 Å². The zero-order valence-electron chi connectivity index (χ0n) is 16.4. The van der Waals surface area contributed by atoms with E-state index >= 15 is 0 Å². The Morgan fingerprint density at radius 3 is 2.54 bits per heavy atom. The zero-order chi connectivity index (χ0) is 20.3. The molecule has 0 unspecified atom stereocenters. The minimum absolute atomic E-state index is 0.0921. The van der Waals surface area contributed by atoms with Gasteiger partial charge in [0.15, 0.2) is 0 Å². The minimum atomic E-state index is -0.398. The quantitative estimate of drug-likeness (QED) is 0.598. The molecule has 0 saturated carbocycles. The van der Waals surface area contributed by atoms with E-state index in [4.69, 9.17) is 4.74 Å². The van der Waals surface area contributed by atoms with Gasteiger partial charge in [0.25, 0.3) is 5.91 Å². The third kappa shape index (κ3) is 4.95. The Morgan fingerprint density at radius 1 is 1.18 bits per heavy atom. The molecule has 0 atom stereocenters. The summed E-state index contributed by atoms with van der Waals surface area (Å²) >= 11 is 1.28. The molecule has 1 aromatic heterocycles. The lowest BCUT2D eigenvalue weighted by atomic mass is 9.87. The molecule has 3 aromatic rings. The number of thiazole rings is 1. The lowest BCUT2D eigenvalue weighted by Crippen LogP contribution is -2.11. The number of carbonyl (C=O) groups excluding carboxylic acids is 1. The van der Waals surface area contributed by atoms with Gasteiger partial charge in [0, 0.05) is 5.69 Å². The number of nitrogens with one attached hydrogen (secondary N) is 1. The van der Waals surface area contributed by atoms with Crippen LogP contribution in [0.1, 0.15) is 46.7 Å². The van der Waals surface area contributed by atoms with E-state index in [1.54, 1.807) is 19.1 Å². The number of halogens is 1. The molecule has 0 aliphatic carbocycles. The summed E-state index contributed by atoms with van der Waals surface area (Å²) in [4.78, 5) is 17.4. The number of hydrogen-bond donors (Lipinski definition) is 1. The summed E-state index contributed by atoms with van der Waals surface area (Å²) in [6, 6.07) is 13.8. The molecular formula is C22H23FN2O2S. The summed E-state index contributed by atoms with van der Waals surface area (Å²) in [6.45, 7) is 8.55. The molecule has 0 spiro atoms. The molecule has 0 fully saturated rings. The van der Waals surface area contributed by atoms with Crippen molar-refractivity contribution in [2.24, 2.45) is 0 Å². The van der Waals surface area contributed by atoms with Gasteiger partial charge in [-0.1, -0.05) is 39.0 Å². The molecule has 2 aromatic carbocycles. The normalized spacial score (nSPS) is 11.3. The number of hydrogen-bond acceptors (Lipinski definition) is 4. The van der Waals surface area contributed by atoms with Crippen LogP contribution in [0.3, 0.4) is 0 Å². The number of carbonyl (C=O) groups is 1. The van der Waals surface area contributed by atoms with Crippen LogP contribution in [0.2, 0.25) is 0 Å². The second-order valence-corrected chi connectivity index (χ2v) is 8.63. The first-order valence-corrected chi connectivity index (χ1v) is 9.80. The molecule has 0 radical (unpaired) electrons. The van der Waals surface area contributed by atoms with Gasteiger partial charge in [-0.2, -0.15) is 0 Å². The van der Waals surface area contributed by atoms with E-state index < -0.39 is 5.82 Å². The van der Waals surface area contributed by atoms with E-state index in [-0.39, 0.29) is 17.9 Å². The Kier molecular flexibility index (Phi) is 5.79. The smallest absolute Gasteiger partial charge is 0.267 e. The topological polar surface area (TPSA) is 51.2 Å². The fourth-order valence-corrected chi connectivity index (χ4v) is 3.55. The van der Waals surface area contributed by atoms with Crippen LogP contribution in [0.5, 0.6) is 5.75 Å². The highest BCUT2D eigenvalue weighted by atomic mass is 32.1. The first kappa shape index (κ1) is 20.0. The lowest BCUT2D eigenvalue weighted by Gasteiger charge is -2.19. The molecule has 3 rings (SSSR count). The zero-order valence-corrected chi connectivity index (χ0v) is 17.2. The van der Waals surface area contributed by atoms with Crippen LogP contribution >= 0.6 is 11.3 Å². The molecule has 146 valence electrons. The number of rotatable bonds is 5. The molecule has 28 heavy (non-hydrogen) atoms. The standard InChI is InChI=1S/C22H23FN2O2S/c1-14-20(21(26)25-17-7-5-6-16(23)12-17)28-19(24-14)13-27-18-10-8-15(9-11-18)22(2,3)4/h5-12H,13H2,1-4H3,(H,25,26). The summed E-state index contributed by atoms with van der Waals surface area (Å²) in [5, 5.41) is 3.41. The summed E-state index contributed by atoms with van der Waals surface area (Å²) in [5.74, 6) is 0.0541. The van der Waals surface area contributed by atoms with Crippen LogP contribution in [0.15, 0.2) is 48.5 Å². The average Bonchev–Trinajstić information content (AvgIpc) is 3.00. The van der Waals surface area contributed by atoms with Crippen molar-refractivity contribution in [2.45, 2.75) is 39.7 Å². The van der Waals surface area contributed by atoms with Gasteiger partial charge in [0.2, 0.25) is 0 Å². The van der Waals surface area contributed by atoms with E-state index in [1.807, 2.05) is 12.1 Å². The van der Waals surface area contributed by atoms with Crippen molar-refractivity contribution in [3.05, 3.63) is 75.5 Å². The maximum Gasteiger partial charge on any atom is 0.267 e. The Balaban J connectivity index is 1.64. The fourth-order valence-electron chi connectivity index (χ4n) is 2.68. The molecule has 0 aliphatic heterocycles. The largest absolute Gasteiger partial charge is 0.486 e. The fraction of sp³-hybridized carbons (Fsp3) is 0.273. The van der Waals surface area contributed by atoms with Crippen LogP contribution in [-0.2, 0) is 12.0 Å². The number of amides is 1. The molecule has 4 nitrogen and oxygen atoms in total. The Morgan fingerprint density at radius 2 is 1.89 bits per heavy atom. The highest BCUT2D eigenvalue weighted by molar-refractivity contribution is 7.13. The molecule has 1 amide bonds. The van der Waals surface area contributed by atoms with E-state index in [2.05, 4.69) is 43.2 Å². The Hall–Kier alpha value is -2.73. The van der Waals surface area contributed by atoms with Gasteiger partial charge in [-0.25, -0.2) is 9.37 Å². The SMILES string of the molecule is Cc1nc(COc2ccc(C(C)(C)C)cc2)sc1C(=O)Nc1cccc(F)c1. The van der Waals surface area contributed by atoms with Gasteiger partial charge in [-0.3, -0.25) is 4.79 Å². The number of benzene rings is 2. The van der Waals surface area contributed by atoms with Gasteiger partial charge in [-0.05, 0) is 48.2 Å². The number of aryl methyl sites for hydroxylation is 1. The van der Waals surface area contributed by atoms with Crippen LogP contribution in [0.4, 0.5) is 10.1 Å². The van der Waals surface area contributed by atoms with Gasteiger partial charge in [0.05, 0.1) is 5.69 Å². The first-order chi connectivity index (χ1) is 13.2. The number of aromatic nitrogens is 1. The predicted octanol–water partition coefficient (Wildman–Crippen LogP) is 5.72. The highest BCUT2D eigenvalue weighted by Gasteiger charge is 2.17. The Bertz CT molecular complexity index is 975. The van der Waals surface area contributed by atoms with Gasteiger partial charge in [-0.15, -0.1) is 11.3 Å². The van der Waals surface area contributed by atoms with Crippen molar-refractivity contribution in [1.82, 2.24) is 4.98 Å². The molecule has 0 bridgehead atoms. The van der Waals surface area contributed by atoms with Crippen molar-refractivity contribution in [2.75, 3.05) is 5.32 Å². The summed E-state index contributed by atoms with van der Waals surface area (Å²) in [7, 11) is 0. The number of anilines is 1. The molecular weight excluding hydrogens is 375 g/mol. The third-order valence-corrected chi connectivity index (χ3v) is 5.34. The Labute approximate surface area is 168 Å². The highest BCUT2D eigenvalue weighted by Crippen LogP contribution is 2.26. The molecule has 1 heterocycles. The summed E-state index contributed by atoms with van der Waals surface area (Å²) in [5.41, 5.74) is 2.37. The third-order valence-electron chi connectivity index (χ3n) is 4.21. The van der Waals surface area contributed by atoms with Crippen LogP contribution in [0.25, 0.3) is 0 Å².